The maximum absolute atomic E-state index is 14.3. The van der Waals surface area contributed by atoms with Crippen LogP contribution in [0.2, 0.25) is 0 Å². The second-order valence-electron chi connectivity index (χ2n) is 9.75. The minimum atomic E-state index is -0.546. The number of rotatable bonds is 2. The van der Waals surface area contributed by atoms with Crippen LogP contribution >= 0.6 is 0 Å². The van der Waals surface area contributed by atoms with Gasteiger partial charge >= 0.3 is 0 Å². The zero-order chi connectivity index (χ0) is 23.0. The van der Waals surface area contributed by atoms with E-state index in [-0.39, 0.29) is 17.7 Å². The molecule has 1 saturated heterocycles. The number of nitrogens with zero attached hydrogens (tertiary/aromatic N) is 1. The van der Waals surface area contributed by atoms with Crippen LogP contribution < -0.4 is 4.90 Å². The third kappa shape index (κ3) is 2.27. The van der Waals surface area contributed by atoms with Gasteiger partial charge < -0.3 is 0 Å². The first kappa shape index (κ1) is 19.5. The van der Waals surface area contributed by atoms with Crippen molar-refractivity contribution < 1.29 is 9.59 Å². The summed E-state index contributed by atoms with van der Waals surface area (Å²) < 4.78 is 0. The van der Waals surface area contributed by atoms with Crippen LogP contribution in [0.5, 0.6) is 0 Å². The Morgan fingerprint density at radius 1 is 0.647 bits per heavy atom. The molecule has 4 aromatic rings. The molecule has 8 rings (SSSR count). The van der Waals surface area contributed by atoms with Crippen LogP contribution in [0.15, 0.2) is 103 Å². The fraction of sp³-hybridized carbons (Fsp3) is 0.161. The molecule has 1 heterocycles. The monoisotopic (exact) mass is 441 g/mol. The first-order valence-electron chi connectivity index (χ1n) is 11.8. The summed E-state index contributed by atoms with van der Waals surface area (Å²) in [6, 6.07) is 34.5. The fourth-order valence-electron chi connectivity index (χ4n) is 6.92. The minimum absolute atomic E-state index is 0.0846. The summed E-state index contributed by atoms with van der Waals surface area (Å²) in [7, 11) is 0. The van der Waals surface area contributed by atoms with Gasteiger partial charge in [0.1, 0.15) is 0 Å². The van der Waals surface area contributed by atoms with E-state index in [1.807, 2.05) is 78.9 Å². The van der Waals surface area contributed by atoms with Gasteiger partial charge in [-0.1, -0.05) is 104 Å². The Bertz CT molecular complexity index is 1440. The Balaban J connectivity index is 1.46. The van der Waals surface area contributed by atoms with Crippen molar-refractivity contribution in [3.8, 4) is 11.1 Å². The van der Waals surface area contributed by atoms with Gasteiger partial charge in [0, 0.05) is 16.9 Å². The number of benzene rings is 4. The molecule has 4 aliphatic rings. The van der Waals surface area contributed by atoms with Crippen LogP contribution in [0.1, 0.15) is 35.1 Å². The molecule has 2 amide bonds. The van der Waals surface area contributed by atoms with Gasteiger partial charge in [-0.2, -0.15) is 0 Å². The third-order valence-electron chi connectivity index (χ3n) is 8.27. The maximum atomic E-state index is 14.3. The lowest BCUT2D eigenvalue weighted by atomic mass is 9.48. The second kappa shape index (κ2) is 6.77. The van der Waals surface area contributed by atoms with Crippen molar-refractivity contribution in [1.29, 1.82) is 0 Å². The van der Waals surface area contributed by atoms with E-state index < -0.39 is 17.3 Å². The van der Waals surface area contributed by atoms with Gasteiger partial charge in [-0.15, -0.1) is 0 Å². The average Bonchev–Trinajstić information content (AvgIpc) is 3.16. The van der Waals surface area contributed by atoms with Gasteiger partial charge in [0.05, 0.1) is 17.5 Å². The van der Waals surface area contributed by atoms with Crippen molar-refractivity contribution in [3.63, 3.8) is 0 Å². The van der Waals surface area contributed by atoms with E-state index >= 15 is 0 Å². The molecule has 0 N–H and O–H groups in total. The van der Waals surface area contributed by atoms with Gasteiger partial charge in [-0.3, -0.25) is 9.59 Å². The lowest BCUT2D eigenvalue weighted by molar-refractivity contribution is -0.123. The van der Waals surface area contributed by atoms with Gasteiger partial charge in [0.2, 0.25) is 11.8 Å². The largest absolute Gasteiger partial charge is 0.274 e. The van der Waals surface area contributed by atoms with Gasteiger partial charge in [0.25, 0.3) is 0 Å². The van der Waals surface area contributed by atoms with Crippen LogP contribution in [0.4, 0.5) is 5.69 Å². The normalized spacial score (nSPS) is 26.3. The summed E-state index contributed by atoms with van der Waals surface area (Å²) in [5.41, 5.74) is 6.75. The highest BCUT2D eigenvalue weighted by atomic mass is 16.2. The van der Waals surface area contributed by atoms with Crippen LogP contribution in [0, 0.1) is 11.8 Å². The highest BCUT2D eigenvalue weighted by Gasteiger charge is 2.66. The molecule has 0 aromatic heterocycles. The second-order valence-corrected chi connectivity index (χ2v) is 9.75. The molecule has 3 nitrogen and oxygen atoms in total. The summed E-state index contributed by atoms with van der Waals surface area (Å²) >= 11 is 0. The molecule has 2 bridgehead atoms. The molecule has 0 saturated carbocycles. The molecule has 4 aromatic carbocycles. The first-order chi connectivity index (χ1) is 16.6. The van der Waals surface area contributed by atoms with Crippen molar-refractivity contribution in [2.75, 3.05) is 4.90 Å². The van der Waals surface area contributed by atoms with Crippen LogP contribution in [-0.4, -0.2) is 11.8 Å². The zero-order valence-electron chi connectivity index (χ0n) is 18.8. The Kier molecular flexibility index (Phi) is 3.88. The van der Waals surface area contributed by atoms with Crippen molar-refractivity contribution in [3.05, 3.63) is 125 Å². The highest BCUT2D eigenvalue weighted by Crippen LogP contribution is 2.64. The number of imide groups is 1. The molecule has 0 spiro atoms. The summed E-state index contributed by atoms with van der Waals surface area (Å²) in [5, 5.41) is 0. The van der Waals surface area contributed by atoms with Crippen molar-refractivity contribution in [2.45, 2.75) is 18.3 Å². The molecule has 164 valence electrons. The summed E-state index contributed by atoms with van der Waals surface area (Å²) in [5.74, 6) is -1.09. The molecule has 0 radical (unpaired) electrons. The number of carbonyl (C=O) groups is 2. The predicted molar refractivity (Wildman–Crippen MR) is 133 cm³/mol. The smallest absolute Gasteiger partial charge is 0.238 e. The Morgan fingerprint density at radius 3 is 1.88 bits per heavy atom. The lowest BCUT2D eigenvalue weighted by Crippen LogP contribution is -2.51. The Hall–Kier alpha value is -3.98. The van der Waals surface area contributed by atoms with Gasteiger partial charge in [-0.25, -0.2) is 4.90 Å². The molecule has 1 fully saturated rings. The molecule has 3 aliphatic carbocycles. The van der Waals surface area contributed by atoms with E-state index in [1.165, 1.54) is 27.2 Å². The molecular formula is C31H23NO2. The van der Waals surface area contributed by atoms with E-state index in [0.717, 1.165) is 11.1 Å². The fourth-order valence-corrected chi connectivity index (χ4v) is 6.92. The van der Waals surface area contributed by atoms with E-state index in [4.69, 9.17) is 0 Å². The van der Waals surface area contributed by atoms with Gasteiger partial charge in [0.15, 0.2) is 0 Å². The SMILES string of the molecule is CC12c3ccccc3C(c3ccccc31)[C@@H]1C(=O)N(c3ccccc3-c3ccccc3)C(=O)[C@@H]12. The van der Waals surface area contributed by atoms with Gasteiger partial charge in [-0.05, 0) is 33.9 Å². The number of carbonyl (C=O) groups excluding carboxylic acids is 2. The van der Waals surface area contributed by atoms with Crippen molar-refractivity contribution in [2.24, 2.45) is 11.8 Å². The lowest BCUT2D eigenvalue weighted by Gasteiger charge is -2.52. The van der Waals surface area contributed by atoms with E-state index in [1.54, 1.807) is 0 Å². The molecule has 3 heteroatoms. The number of hydrogen-bond acceptors (Lipinski definition) is 2. The topological polar surface area (TPSA) is 37.4 Å². The Labute approximate surface area is 198 Å². The summed E-state index contributed by atoms with van der Waals surface area (Å²) in [6.45, 7) is 2.16. The van der Waals surface area contributed by atoms with Crippen LogP contribution in [-0.2, 0) is 15.0 Å². The summed E-state index contributed by atoms with van der Waals surface area (Å²) in [6.07, 6.45) is 0. The zero-order valence-corrected chi connectivity index (χ0v) is 18.8. The average molecular weight is 442 g/mol. The van der Waals surface area contributed by atoms with E-state index in [2.05, 4.69) is 31.2 Å². The number of anilines is 1. The van der Waals surface area contributed by atoms with E-state index in [9.17, 15) is 9.59 Å². The van der Waals surface area contributed by atoms with Crippen molar-refractivity contribution >= 4 is 17.5 Å². The minimum Gasteiger partial charge on any atom is -0.274 e. The van der Waals surface area contributed by atoms with Crippen LogP contribution in [0.3, 0.4) is 0 Å². The van der Waals surface area contributed by atoms with Crippen molar-refractivity contribution in [1.82, 2.24) is 0 Å². The molecule has 34 heavy (non-hydrogen) atoms. The molecular weight excluding hydrogens is 418 g/mol. The predicted octanol–water partition coefficient (Wildman–Crippen LogP) is 5.92. The quantitative estimate of drug-likeness (QED) is 0.362. The highest BCUT2D eigenvalue weighted by molar-refractivity contribution is 6.25. The first-order valence-corrected chi connectivity index (χ1v) is 11.8. The molecule has 2 atom stereocenters. The Morgan fingerprint density at radius 2 is 1.21 bits per heavy atom. The third-order valence-corrected chi connectivity index (χ3v) is 8.27. The maximum Gasteiger partial charge on any atom is 0.238 e. The molecule has 0 unspecified atom stereocenters. The van der Waals surface area contributed by atoms with Crippen LogP contribution in [0.25, 0.3) is 11.1 Å². The molecule has 1 aliphatic heterocycles. The summed E-state index contributed by atoms with van der Waals surface area (Å²) in [4.78, 5) is 29.9. The number of para-hydroxylation sites is 1. The standard InChI is InChI=1S/C31H23NO2/c1-31-23-16-8-5-14-21(23)26(22-15-6-9-17-24(22)31)27-28(31)30(34)32(29(27)33)25-18-10-7-13-20(25)19-11-3-2-4-12-19/h2-18,26-28H,1H3/t26?,27-,28+,31?/m0/s1. The van der Waals surface area contributed by atoms with E-state index in [0.29, 0.717) is 5.69 Å². The number of amides is 2. The number of hydrogen-bond donors (Lipinski definition) is 0.